The molecule has 1 aromatic rings. The molecule has 2 N–H and O–H groups in total. The molecular formula is C14H18N2O3. The topological polar surface area (TPSA) is 79.3 Å². The summed E-state index contributed by atoms with van der Waals surface area (Å²) in [6, 6.07) is 3.02. The molecule has 1 heterocycles. The van der Waals surface area contributed by atoms with Crippen molar-refractivity contribution < 1.29 is 14.7 Å². The number of carbonyl (C=O) groups is 2. The number of amides is 1. The van der Waals surface area contributed by atoms with Crippen molar-refractivity contribution in [3.05, 3.63) is 29.6 Å². The molecular weight excluding hydrogens is 244 g/mol. The van der Waals surface area contributed by atoms with Crippen LogP contribution < -0.4 is 5.32 Å². The number of nitrogens with one attached hydrogen (secondary N) is 1. The normalized spacial score (nSPS) is 26.1. The number of hydrogen-bond acceptors (Lipinski definition) is 3. The quantitative estimate of drug-likeness (QED) is 0.870. The summed E-state index contributed by atoms with van der Waals surface area (Å²) in [5.74, 6) is -1.08. The smallest absolute Gasteiger partial charge is 0.311 e. The summed E-state index contributed by atoms with van der Waals surface area (Å²) in [5.41, 5.74) is 0.421. The van der Waals surface area contributed by atoms with Crippen molar-refractivity contribution in [2.45, 2.75) is 39.2 Å². The average molecular weight is 262 g/mol. The molecule has 0 aliphatic heterocycles. The first-order chi connectivity index (χ1) is 8.93. The molecule has 1 aliphatic carbocycles. The second-order valence-corrected chi connectivity index (χ2v) is 5.33. The Morgan fingerprint density at radius 2 is 2.26 bits per heavy atom. The van der Waals surface area contributed by atoms with Crippen LogP contribution in [0.5, 0.6) is 0 Å². The van der Waals surface area contributed by atoms with Gasteiger partial charge in [0.1, 0.15) is 0 Å². The highest BCUT2D eigenvalue weighted by Crippen LogP contribution is 2.38. The van der Waals surface area contributed by atoms with E-state index in [4.69, 9.17) is 0 Å². The Morgan fingerprint density at radius 3 is 2.89 bits per heavy atom. The zero-order valence-electron chi connectivity index (χ0n) is 11.1. The lowest BCUT2D eigenvalue weighted by atomic mass is 9.85. The largest absolute Gasteiger partial charge is 0.481 e. The number of carboxylic acid groups (broad SMARTS) is 1. The molecule has 102 valence electrons. The molecule has 1 fully saturated rings. The van der Waals surface area contributed by atoms with E-state index in [1.54, 1.807) is 25.3 Å². The van der Waals surface area contributed by atoms with Crippen LogP contribution in [0.25, 0.3) is 0 Å². The van der Waals surface area contributed by atoms with Crippen LogP contribution in [-0.4, -0.2) is 28.0 Å². The summed E-state index contributed by atoms with van der Waals surface area (Å²) in [6.07, 6.45) is 3.71. The summed E-state index contributed by atoms with van der Waals surface area (Å²) < 4.78 is 0. The Balaban J connectivity index is 2.13. The molecule has 5 nitrogen and oxygen atoms in total. The molecule has 2 rings (SSSR count). The predicted octanol–water partition coefficient (Wildman–Crippen LogP) is 1.76. The fraction of sp³-hybridized carbons (Fsp3) is 0.500. The van der Waals surface area contributed by atoms with Gasteiger partial charge in [0.05, 0.1) is 5.41 Å². The first-order valence-corrected chi connectivity index (χ1v) is 6.40. The number of aliphatic carboxylic acids is 1. The number of carbonyl (C=O) groups excluding carboxylic acids is 1. The number of rotatable bonds is 3. The van der Waals surface area contributed by atoms with Gasteiger partial charge in [-0.05, 0) is 38.8 Å². The van der Waals surface area contributed by atoms with Gasteiger partial charge in [0.2, 0.25) is 0 Å². The van der Waals surface area contributed by atoms with Crippen molar-refractivity contribution in [3.63, 3.8) is 0 Å². The zero-order chi connectivity index (χ0) is 14.0. The first-order valence-electron chi connectivity index (χ1n) is 6.40. The van der Waals surface area contributed by atoms with Gasteiger partial charge in [-0.3, -0.25) is 14.6 Å². The standard InChI is InChI=1S/C14H18N2O3/c1-9-8-10(5-7-15-9)12(17)16-11-4-3-6-14(11,2)13(18)19/h5,7-8,11H,3-4,6H2,1-2H3,(H,16,17)(H,18,19). The minimum atomic E-state index is -0.863. The Bertz CT molecular complexity index is 515. The molecule has 2 unspecified atom stereocenters. The lowest BCUT2D eigenvalue weighted by Crippen LogP contribution is -2.47. The van der Waals surface area contributed by atoms with E-state index in [1.165, 1.54) is 0 Å². The van der Waals surface area contributed by atoms with Crippen LogP contribution in [-0.2, 0) is 4.79 Å². The number of carboxylic acids is 1. The van der Waals surface area contributed by atoms with Crippen LogP contribution in [0.2, 0.25) is 0 Å². The van der Waals surface area contributed by atoms with Gasteiger partial charge < -0.3 is 10.4 Å². The van der Waals surface area contributed by atoms with Crippen molar-refractivity contribution in [1.29, 1.82) is 0 Å². The van der Waals surface area contributed by atoms with Crippen molar-refractivity contribution in [2.75, 3.05) is 0 Å². The molecule has 0 spiro atoms. The van der Waals surface area contributed by atoms with Crippen molar-refractivity contribution in [2.24, 2.45) is 5.41 Å². The highest BCUT2D eigenvalue weighted by atomic mass is 16.4. The Hall–Kier alpha value is -1.91. The molecule has 0 aromatic carbocycles. The van der Waals surface area contributed by atoms with Crippen LogP contribution in [0.15, 0.2) is 18.3 Å². The van der Waals surface area contributed by atoms with Gasteiger partial charge in [-0.15, -0.1) is 0 Å². The number of nitrogens with zero attached hydrogens (tertiary/aromatic N) is 1. The fourth-order valence-electron chi connectivity index (χ4n) is 2.58. The van der Waals surface area contributed by atoms with Gasteiger partial charge in [0.15, 0.2) is 0 Å². The maximum Gasteiger partial charge on any atom is 0.311 e. The van der Waals surface area contributed by atoms with Crippen LogP contribution in [0.3, 0.4) is 0 Å². The Labute approximate surface area is 112 Å². The lowest BCUT2D eigenvalue weighted by Gasteiger charge is -2.27. The number of aromatic nitrogens is 1. The van der Waals surface area contributed by atoms with E-state index in [-0.39, 0.29) is 11.9 Å². The van der Waals surface area contributed by atoms with Gasteiger partial charge in [-0.25, -0.2) is 0 Å². The highest BCUT2D eigenvalue weighted by molar-refractivity contribution is 5.95. The Morgan fingerprint density at radius 1 is 1.53 bits per heavy atom. The highest BCUT2D eigenvalue weighted by Gasteiger charge is 2.45. The van der Waals surface area contributed by atoms with Crippen molar-refractivity contribution in [3.8, 4) is 0 Å². The number of pyridine rings is 1. The molecule has 0 radical (unpaired) electrons. The lowest BCUT2D eigenvalue weighted by molar-refractivity contribution is -0.148. The number of aryl methyl sites for hydroxylation is 1. The van der Waals surface area contributed by atoms with E-state index >= 15 is 0 Å². The van der Waals surface area contributed by atoms with Crippen LogP contribution in [0.1, 0.15) is 42.2 Å². The molecule has 0 bridgehead atoms. The molecule has 2 atom stereocenters. The SMILES string of the molecule is Cc1cc(C(=O)NC2CCCC2(C)C(=O)O)ccn1. The molecule has 5 heteroatoms. The summed E-state index contributed by atoms with van der Waals surface area (Å²) in [4.78, 5) is 27.5. The van der Waals surface area contributed by atoms with E-state index in [0.29, 0.717) is 18.4 Å². The zero-order valence-corrected chi connectivity index (χ0v) is 11.1. The summed E-state index contributed by atoms with van der Waals surface area (Å²) in [5, 5.41) is 12.2. The monoisotopic (exact) mass is 262 g/mol. The summed E-state index contributed by atoms with van der Waals surface area (Å²) in [7, 11) is 0. The minimum Gasteiger partial charge on any atom is -0.481 e. The predicted molar refractivity (Wildman–Crippen MR) is 69.8 cm³/mol. The van der Waals surface area contributed by atoms with Gasteiger partial charge >= 0.3 is 5.97 Å². The first kappa shape index (κ1) is 13.5. The Kier molecular flexibility index (Phi) is 3.55. The summed E-state index contributed by atoms with van der Waals surface area (Å²) in [6.45, 7) is 3.51. The average Bonchev–Trinajstić information content (AvgIpc) is 2.72. The maximum absolute atomic E-state index is 12.1. The third-order valence-electron chi connectivity index (χ3n) is 3.91. The van der Waals surface area contributed by atoms with E-state index in [1.807, 2.05) is 6.92 Å². The molecule has 1 aliphatic rings. The van der Waals surface area contributed by atoms with Crippen LogP contribution in [0, 0.1) is 12.3 Å². The van der Waals surface area contributed by atoms with Gasteiger partial charge in [-0.1, -0.05) is 6.42 Å². The maximum atomic E-state index is 12.1. The number of hydrogen-bond donors (Lipinski definition) is 2. The van der Waals surface area contributed by atoms with Crippen molar-refractivity contribution in [1.82, 2.24) is 10.3 Å². The fourth-order valence-corrected chi connectivity index (χ4v) is 2.58. The molecule has 19 heavy (non-hydrogen) atoms. The van der Waals surface area contributed by atoms with E-state index in [0.717, 1.165) is 12.1 Å². The summed E-state index contributed by atoms with van der Waals surface area (Å²) >= 11 is 0. The van der Waals surface area contributed by atoms with E-state index < -0.39 is 11.4 Å². The molecule has 1 saturated carbocycles. The third kappa shape index (κ3) is 2.59. The molecule has 1 aromatic heterocycles. The van der Waals surface area contributed by atoms with E-state index in [9.17, 15) is 14.7 Å². The van der Waals surface area contributed by atoms with Gasteiger partial charge in [0, 0.05) is 23.5 Å². The van der Waals surface area contributed by atoms with Crippen molar-refractivity contribution >= 4 is 11.9 Å². The third-order valence-corrected chi connectivity index (χ3v) is 3.91. The second kappa shape index (κ2) is 4.99. The minimum absolute atomic E-state index is 0.232. The van der Waals surface area contributed by atoms with Gasteiger partial charge in [-0.2, -0.15) is 0 Å². The van der Waals surface area contributed by atoms with E-state index in [2.05, 4.69) is 10.3 Å². The van der Waals surface area contributed by atoms with Crippen LogP contribution >= 0.6 is 0 Å². The van der Waals surface area contributed by atoms with Gasteiger partial charge in [0.25, 0.3) is 5.91 Å². The van der Waals surface area contributed by atoms with Crippen LogP contribution in [0.4, 0.5) is 0 Å². The second-order valence-electron chi connectivity index (χ2n) is 5.33. The molecule has 1 amide bonds. The molecule has 0 saturated heterocycles.